The number of sulfonamides is 1. The number of rotatable bonds is 5. The van der Waals surface area contributed by atoms with Crippen LogP contribution >= 0.6 is 0 Å². The van der Waals surface area contributed by atoms with Crippen LogP contribution in [0.25, 0.3) is 0 Å². The number of hydrogen-bond donors (Lipinski definition) is 1. The van der Waals surface area contributed by atoms with E-state index in [1.54, 1.807) is 13.0 Å². The predicted octanol–water partition coefficient (Wildman–Crippen LogP) is 2.01. The number of aryl methyl sites for hydroxylation is 1. The minimum Gasteiger partial charge on any atom is -0.481 e. The molecule has 0 aliphatic rings. The molecule has 7 heteroatoms. The molecule has 1 unspecified atom stereocenters. The lowest BCUT2D eigenvalue weighted by molar-refractivity contribution is -0.120. The first-order chi connectivity index (χ1) is 10.8. The van der Waals surface area contributed by atoms with Crippen molar-refractivity contribution in [2.75, 3.05) is 7.11 Å². The molecule has 122 valence electrons. The zero-order valence-electron chi connectivity index (χ0n) is 13.1. The Kier molecular flexibility index (Phi) is 5.00. The molecule has 2 aromatic rings. The van der Waals surface area contributed by atoms with E-state index >= 15 is 0 Å². The van der Waals surface area contributed by atoms with Crippen LogP contribution in [0.15, 0.2) is 47.5 Å². The molecular formula is C16H18N2O4S. The van der Waals surface area contributed by atoms with E-state index in [1.807, 2.05) is 25.1 Å². The van der Waals surface area contributed by atoms with Crippen LogP contribution in [0.2, 0.25) is 0 Å². The van der Waals surface area contributed by atoms with Crippen LogP contribution in [0.3, 0.4) is 0 Å². The van der Waals surface area contributed by atoms with Gasteiger partial charge in [-0.2, -0.15) is 0 Å². The number of amides is 1. The van der Waals surface area contributed by atoms with Crippen molar-refractivity contribution in [1.82, 2.24) is 9.71 Å². The van der Waals surface area contributed by atoms with Crippen molar-refractivity contribution >= 4 is 15.9 Å². The third-order valence-electron chi connectivity index (χ3n) is 3.51. The van der Waals surface area contributed by atoms with Crippen molar-refractivity contribution in [3.8, 4) is 5.88 Å². The number of pyridine rings is 1. The second-order valence-electron chi connectivity index (χ2n) is 5.08. The Morgan fingerprint density at radius 1 is 1.22 bits per heavy atom. The summed E-state index contributed by atoms with van der Waals surface area (Å²) in [7, 11) is -2.54. The lowest BCUT2D eigenvalue weighted by atomic mass is 9.96. The standard InChI is InChI=1S/C16H18N2O4S/c1-11-6-4-5-7-14(11)12(2)16(19)18-23(20,21)13-8-9-15(22-3)17-10-13/h4-10,12H,1-3H3,(H,18,19). The Balaban J connectivity index is 2.19. The number of hydrogen-bond acceptors (Lipinski definition) is 5. The third-order valence-corrected chi connectivity index (χ3v) is 4.84. The maximum absolute atomic E-state index is 12.3. The summed E-state index contributed by atoms with van der Waals surface area (Å²) in [6, 6.07) is 10.1. The van der Waals surface area contributed by atoms with Crippen LogP contribution in [0.5, 0.6) is 5.88 Å². The van der Waals surface area contributed by atoms with Crippen molar-refractivity contribution in [3.05, 3.63) is 53.7 Å². The van der Waals surface area contributed by atoms with Gasteiger partial charge in [0.1, 0.15) is 4.90 Å². The molecule has 23 heavy (non-hydrogen) atoms. The van der Waals surface area contributed by atoms with E-state index in [0.717, 1.165) is 17.3 Å². The summed E-state index contributed by atoms with van der Waals surface area (Å²) in [5.41, 5.74) is 1.71. The zero-order chi connectivity index (χ0) is 17.0. The van der Waals surface area contributed by atoms with Crippen LogP contribution < -0.4 is 9.46 Å². The topological polar surface area (TPSA) is 85.4 Å². The molecule has 0 aliphatic carbocycles. The summed E-state index contributed by atoms with van der Waals surface area (Å²) in [6.07, 6.45) is 1.15. The molecule has 0 saturated carbocycles. The summed E-state index contributed by atoms with van der Waals surface area (Å²) in [5.74, 6) is -0.879. The van der Waals surface area contributed by atoms with Gasteiger partial charge in [-0.05, 0) is 31.0 Å². The Labute approximate surface area is 135 Å². The molecule has 1 N–H and O–H groups in total. The minimum atomic E-state index is -3.97. The molecule has 0 saturated heterocycles. The van der Waals surface area contributed by atoms with E-state index in [9.17, 15) is 13.2 Å². The van der Waals surface area contributed by atoms with Gasteiger partial charge in [0.15, 0.2) is 0 Å². The van der Waals surface area contributed by atoms with Crippen molar-refractivity contribution in [1.29, 1.82) is 0 Å². The van der Waals surface area contributed by atoms with Gasteiger partial charge in [0.25, 0.3) is 10.0 Å². The monoisotopic (exact) mass is 334 g/mol. The number of nitrogens with one attached hydrogen (secondary N) is 1. The van der Waals surface area contributed by atoms with E-state index in [4.69, 9.17) is 4.74 Å². The first-order valence-electron chi connectivity index (χ1n) is 6.97. The van der Waals surface area contributed by atoms with Crippen molar-refractivity contribution < 1.29 is 17.9 Å². The van der Waals surface area contributed by atoms with Gasteiger partial charge in [-0.25, -0.2) is 18.1 Å². The minimum absolute atomic E-state index is 0.0939. The summed E-state index contributed by atoms with van der Waals surface area (Å²) >= 11 is 0. The van der Waals surface area contributed by atoms with E-state index in [-0.39, 0.29) is 4.90 Å². The van der Waals surface area contributed by atoms with Gasteiger partial charge in [0.2, 0.25) is 11.8 Å². The summed E-state index contributed by atoms with van der Waals surface area (Å²) < 4.78 is 31.5. The second-order valence-corrected chi connectivity index (χ2v) is 6.77. The number of nitrogens with zero attached hydrogens (tertiary/aromatic N) is 1. The number of carbonyl (C=O) groups excluding carboxylic acids is 1. The third kappa shape index (κ3) is 3.87. The summed E-state index contributed by atoms with van der Waals surface area (Å²) in [6.45, 7) is 3.54. The Morgan fingerprint density at radius 3 is 2.48 bits per heavy atom. The van der Waals surface area contributed by atoms with Gasteiger partial charge in [-0.1, -0.05) is 24.3 Å². The molecule has 1 amide bonds. The molecule has 0 bridgehead atoms. The molecule has 0 radical (unpaired) electrons. The smallest absolute Gasteiger partial charge is 0.265 e. The molecule has 0 spiro atoms. The number of carbonyl (C=O) groups is 1. The first kappa shape index (κ1) is 17.0. The summed E-state index contributed by atoms with van der Waals surface area (Å²) in [4.78, 5) is 16.0. The molecule has 1 heterocycles. The SMILES string of the molecule is COc1ccc(S(=O)(=O)NC(=O)C(C)c2ccccc2C)cn1. The Morgan fingerprint density at radius 2 is 1.91 bits per heavy atom. The van der Waals surface area contributed by atoms with Gasteiger partial charge >= 0.3 is 0 Å². The average Bonchev–Trinajstić information content (AvgIpc) is 2.54. The maximum Gasteiger partial charge on any atom is 0.265 e. The number of methoxy groups -OCH3 is 1. The van der Waals surface area contributed by atoms with Crippen LogP contribution in [0.1, 0.15) is 24.0 Å². The molecular weight excluding hydrogens is 316 g/mol. The quantitative estimate of drug-likeness (QED) is 0.904. The fraction of sp³-hybridized carbons (Fsp3) is 0.250. The van der Waals surface area contributed by atoms with E-state index in [1.165, 1.54) is 19.2 Å². The highest BCUT2D eigenvalue weighted by atomic mass is 32.2. The van der Waals surface area contributed by atoms with Gasteiger partial charge in [0, 0.05) is 6.07 Å². The molecule has 1 aromatic heterocycles. The highest BCUT2D eigenvalue weighted by molar-refractivity contribution is 7.90. The zero-order valence-corrected chi connectivity index (χ0v) is 13.9. The lowest BCUT2D eigenvalue weighted by Crippen LogP contribution is -2.34. The Bertz CT molecular complexity index is 801. The van der Waals surface area contributed by atoms with Gasteiger partial charge in [-0.3, -0.25) is 4.79 Å². The van der Waals surface area contributed by atoms with Gasteiger partial charge < -0.3 is 4.74 Å². The molecule has 2 rings (SSSR count). The predicted molar refractivity (Wildman–Crippen MR) is 85.7 cm³/mol. The molecule has 1 aromatic carbocycles. The summed E-state index contributed by atoms with van der Waals surface area (Å²) in [5, 5.41) is 0. The Hall–Kier alpha value is -2.41. The van der Waals surface area contributed by atoms with Crippen molar-refractivity contribution in [2.24, 2.45) is 0 Å². The van der Waals surface area contributed by atoms with Gasteiger partial charge in [0.05, 0.1) is 19.2 Å². The normalized spacial score (nSPS) is 12.5. The second kappa shape index (κ2) is 6.78. The molecule has 6 nitrogen and oxygen atoms in total. The van der Waals surface area contributed by atoms with Crippen molar-refractivity contribution in [2.45, 2.75) is 24.7 Å². The largest absolute Gasteiger partial charge is 0.481 e. The van der Waals surface area contributed by atoms with Gasteiger partial charge in [-0.15, -0.1) is 0 Å². The lowest BCUT2D eigenvalue weighted by Gasteiger charge is -2.15. The fourth-order valence-corrected chi connectivity index (χ4v) is 3.14. The number of benzene rings is 1. The first-order valence-corrected chi connectivity index (χ1v) is 8.45. The molecule has 0 aliphatic heterocycles. The van der Waals surface area contributed by atoms with E-state index in [2.05, 4.69) is 9.71 Å². The van der Waals surface area contributed by atoms with E-state index in [0.29, 0.717) is 5.88 Å². The highest BCUT2D eigenvalue weighted by Crippen LogP contribution is 2.20. The average molecular weight is 334 g/mol. The van der Waals surface area contributed by atoms with Crippen LogP contribution in [-0.2, 0) is 14.8 Å². The molecule has 0 fully saturated rings. The van der Waals surface area contributed by atoms with Crippen LogP contribution in [-0.4, -0.2) is 26.4 Å². The number of aromatic nitrogens is 1. The van der Waals surface area contributed by atoms with Crippen LogP contribution in [0.4, 0.5) is 0 Å². The van der Waals surface area contributed by atoms with Crippen molar-refractivity contribution in [3.63, 3.8) is 0 Å². The molecule has 1 atom stereocenters. The highest BCUT2D eigenvalue weighted by Gasteiger charge is 2.23. The maximum atomic E-state index is 12.3. The number of ether oxygens (including phenoxy) is 1. The van der Waals surface area contributed by atoms with Crippen LogP contribution in [0, 0.1) is 6.92 Å². The fourth-order valence-electron chi connectivity index (χ4n) is 2.14. The van der Waals surface area contributed by atoms with E-state index < -0.39 is 21.8 Å².